The number of amides is 1. The first kappa shape index (κ1) is 19.8. The van der Waals surface area contributed by atoms with Crippen molar-refractivity contribution in [3.8, 4) is 17.1 Å². The maximum Gasteiger partial charge on any atom is 0.239 e. The number of ether oxygens (including phenoxy) is 1. The predicted octanol–water partition coefficient (Wildman–Crippen LogP) is -0.0705. The molecule has 9 nitrogen and oxygen atoms in total. The Morgan fingerprint density at radius 1 is 1.43 bits per heavy atom. The highest BCUT2D eigenvalue weighted by molar-refractivity contribution is 5.83. The van der Waals surface area contributed by atoms with Gasteiger partial charge in [-0.1, -0.05) is 12.1 Å². The highest BCUT2D eigenvalue weighted by atomic mass is 16.5. The van der Waals surface area contributed by atoms with Crippen molar-refractivity contribution in [2.75, 3.05) is 50.5 Å². The molecule has 1 fully saturated rings. The molecule has 9 heteroatoms. The Bertz CT molecular complexity index is 844. The standard InChI is InChI=1S/C19H26N6O3/c1-12-17(20)23-18(24-19(12)25-7-6-22-16(27)10-25)13-4-3-5-15(8-13)28-11-14(26)9-21-2/h3-5,8,14,21,26H,6-7,9-11H2,1-2H3,(H,22,27)(H2,20,23,24). The molecule has 1 atom stereocenters. The largest absolute Gasteiger partial charge is 0.491 e. The Kier molecular flexibility index (Phi) is 6.27. The van der Waals surface area contributed by atoms with Gasteiger partial charge < -0.3 is 31.1 Å². The molecule has 0 aliphatic carbocycles. The molecule has 1 aromatic heterocycles. The van der Waals surface area contributed by atoms with Gasteiger partial charge >= 0.3 is 0 Å². The third-order valence-corrected chi connectivity index (χ3v) is 4.47. The smallest absolute Gasteiger partial charge is 0.239 e. The Hall–Kier alpha value is -2.91. The molecule has 2 heterocycles. The summed E-state index contributed by atoms with van der Waals surface area (Å²) in [6.45, 7) is 3.94. The minimum Gasteiger partial charge on any atom is -0.491 e. The van der Waals surface area contributed by atoms with Gasteiger partial charge in [0.1, 0.15) is 30.1 Å². The van der Waals surface area contributed by atoms with E-state index in [9.17, 15) is 9.90 Å². The van der Waals surface area contributed by atoms with Gasteiger partial charge in [0.25, 0.3) is 0 Å². The molecule has 28 heavy (non-hydrogen) atoms. The average molecular weight is 386 g/mol. The lowest BCUT2D eigenvalue weighted by molar-refractivity contribution is -0.120. The highest BCUT2D eigenvalue weighted by Gasteiger charge is 2.22. The van der Waals surface area contributed by atoms with E-state index in [2.05, 4.69) is 20.6 Å². The molecule has 150 valence electrons. The summed E-state index contributed by atoms with van der Waals surface area (Å²) in [6.07, 6.45) is -0.600. The lowest BCUT2D eigenvalue weighted by atomic mass is 10.2. The number of nitrogens with two attached hydrogens (primary N) is 1. The summed E-state index contributed by atoms with van der Waals surface area (Å²) in [7, 11) is 1.77. The Morgan fingerprint density at radius 3 is 3.00 bits per heavy atom. The van der Waals surface area contributed by atoms with E-state index < -0.39 is 6.10 Å². The summed E-state index contributed by atoms with van der Waals surface area (Å²) >= 11 is 0. The van der Waals surface area contributed by atoms with Crippen LogP contribution in [0.25, 0.3) is 11.4 Å². The average Bonchev–Trinajstić information content (AvgIpc) is 2.69. The number of nitrogens with zero attached hydrogens (tertiary/aromatic N) is 3. The maximum absolute atomic E-state index is 11.7. The molecule has 0 radical (unpaired) electrons. The lowest BCUT2D eigenvalue weighted by Gasteiger charge is -2.29. The second-order valence-electron chi connectivity index (χ2n) is 6.70. The van der Waals surface area contributed by atoms with E-state index in [0.29, 0.717) is 42.8 Å². The van der Waals surface area contributed by atoms with Crippen LogP contribution in [0.5, 0.6) is 5.75 Å². The number of carbonyl (C=O) groups excluding carboxylic acids is 1. The van der Waals surface area contributed by atoms with Crippen molar-refractivity contribution in [1.82, 2.24) is 20.6 Å². The van der Waals surface area contributed by atoms with Gasteiger partial charge in [-0.05, 0) is 26.1 Å². The SMILES string of the molecule is CNCC(O)COc1cccc(-c2nc(N)c(C)c(N3CCNC(=O)C3)n2)c1. The molecular weight excluding hydrogens is 360 g/mol. The molecule has 0 bridgehead atoms. The molecule has 3 rings (SSSR count). The van der Waals surface area contributed by atoms with E-state index in [0.717, 1.165) is 11.1 Å². The number of hydrogen-bond acceptors (Lipinski definition) is 8. The fourth-order valence-electron chi connectivity index (χ4n) is 2.99. The fourth-order valence-corrected chi connectivity index (χ4v) is 2.99. The number of aliphatic hydroxyl groups is 1. The summed E-state index contributed by atoms with van der Waals surface area (Å²) < 4.78 is 5.66. The molecule has 1 aromatic carbocycles. The molecule has 5 N–H and O–H groups in total. The fraction of sp³-hybridized carbons (Fsp3) is 0.421. The van der Waals surface area contributed by atoms with Gasteiger partial charge in [0.2, 0.25) is 5.91 Å². The van der Waals surface area contributed by atoms with Gasteiger partial charge in [-0.3, -0.25) is 4.79 Å². The predicted molar refractivity (Wildman–Crippen MR) is 107 cm³/mol. The van der Waals surface area contributed by atoms with Crippen molar-refractivity contribution in [3.05, 3.63) is 29.8 Å². The van der Waals surface area contributed by atoms with Crippen LogP contribution in [0.2, 0.25) is 0 Å². The number of nitrogen functional groups attached to an aromatic ring is 1. The summed E-state index contributed by atoms with van der Waals surface area (Å²) in [5, 5.41) is 15.5. The Morgan fingerprint density at radius 2 is 2.25 bits per heavy atom. The number of benzene rings is 1. The van der Waals surface area contributed by atoms with Crippen LogP contribution in [0.1, 0.15) is 5.56 Å². The highest BCUT2D eigenvalue weighted by Crippen LogP contribution is 2.28. The first-order valence-electron chi connectivity index (χ1n) is 9.19. The second-order valence-corrected chi connectivity index (χ2v) is 6.70. The molecule has 2 aromatic rings. The number of rotatable bonds is 7. The number of carbonyl (C=O) groups is 1. The first-order chi connectivity index (χ1) is 13.5. The van der Waals surface area contributed by atoms with Crippen LogP contribution in [0, 0.1) is 6.92 Å². The van der Waals surface area contributed by atoms with Crippen LogP contribution in [0.4, 0.5) is 11.6 Å². The first-order valence-corrected chi connectivity index (χ1v) is 9.19. The zero-order chi connectivity index (χ0) is 20.1. The van der Waals surface area contributed by atoms with Gasteiger partial charge in [-0.15, -0.1) is 0 Å². The molecule has 1 aliphatic rings. The number of piperazine rings is 1. The van der Waals surface area contributed by atoms with Crippen LogP contribution in [0.15, 0.2) is 24.3 Å². The van der Waals surface area contributed by atoms with Crippen LogP contribution in [-0.2, 0) is 4.79 Å². The quantitative estimate of drug-likeness (QED) is 0.521. The van der Waals surface area contributed by atoms with Gasteiger partial charge in [-0.25, -0.2) is 9.97 Å². The van der Waals surface area contributed by atoms with Crippen molar-refractivity contribution in [2.24, 2.45) is 0 Å². The third kappa shape index (κ3) is 4.68. The van der Waals surface area contributed by atoms with Crippen LogP contribution in [0.3, 0.4) is 0 Å². The normalized spacial score (nSPS) is 15.2. The molecule has 1 aliphatic heterocycles. The molecular formula is C19H26N6O3. The molecule has 1 amide bonds. The van der Waals surface area contributed by atoms with Crippen molar-refractivity contribution in [3.63, 3.8) is 0 Å². The summed E-state index contributed by atoms with van der Waals surface area (Å²) in [4.78, 5) is 22.7. The van der Waals surface area contributed by atoms with E-state index in [1.165, 1.54) is 0 Å². The Balaban J connectivity index is 1.85. The number of likely N-dealkylation sites (N-methyl/N-ethyl adjacent to an activating group) is 1. The zero-order valence-corrected chi connectivity index (χ0v) is 16.1. The van der Waals surface area contributed by atoms with Crippen molar-refractivity contribution in [1.29, 1.82) is 0 Å². The number of hydrogen-bond donors (Lipinski definition) is 4. The lowest BCUT2D eigenvalue weighted by Crippen LogP contribution is -2.48. The van der Waals surface area contributed by atoms with Gasteiger partial charge in [0.05, 0.1) is 6.54 Å². The van der Waals surface area contributed by atoms with Crippen LogP contribution < -0.4 is 26.0 Å². The van der Waals surface area contributed by atoms with Crippen LogP contribution >= 0.6 is 0 Å². The molecule has 0 spiro atoms. The van der Waals surface area contributed by atoms with E-state index in [4.69, 9.17) is 10.5 Å². The van der Waals surface area contributed by atoms with Crippen LogP contribution in [-0.4, -0.2) is 66.9 Å². The minimum absolute atomic E-state index is 0.0418. The van der Waals surface area contributed by atoms with E-state index in [1.807, 2.05) is 36.1 Å². The zero-order valence-electron chi connectivity index (χ0n) is 16.1. The number of aromatic nitrogens is 2. The maximum atomic E-state index is 11.7. The monoisotopic (exact) mass is 386 g/mol. The van der Waals surface area contributed by atoms with E-state index >= 15 is 0 Å². The molecule has 0 saturated carbocycles. The summed E-state index contributed by atoms with van der Waals surface area (Å²) in [5.41, 5.74) is 7.62. The molecule has 1 unspecified atom stereocenters. The topological polar surface area (TPSA) is 126 Å². The Labute approximate surface area is 163 Å². The number of anilines is 2. The minimum atomic E-state index is -0.600. The summed E-state index contributed by atoms with van der Waals surface area (Å²) in [6, 6.07) is 7.32. The van der Waals surface area contributed by atoms with Crippen molar-refractivity contribution in [2.45, 2.75) is 13.0 Å². The van der Waals surface area contributed by atoms with E-state index in [-0.39, 0.29) is 19.1 Å². The van der Waals surface area contributed by atoms with Gasteiger partial charge in [0.15, 0.2) is 5.82 Å². The third-order valence-electron chi connectivity index (χ3n) is 4.47. The van der Waals surface area contributed by atoms with E-state index in [1.54, 1.807) is 7.05 Å². The second kappa shape index (κ2) is 8.85. The van der Waals surface area contributed by atoms with Gasteiger partial charge in [0, 0.05) is 30.8 Å². The number of nitrogens with one attached hydrogen (secondary N) is 2. The summed E-state index contributed by atoms with van der Waals surface area (Å²) in [5.74, 6) is 2.06. The van der Waals surface area contributed by atoms with Crippen molar-refractivity contribution >= 4 is 17.5 Å². The number of aliphatic hydroxyl groups excluding tert-OH is 1. The molecule has 1 saturated heterocycles. The van der Waals surface area contributed by atoms with Crippen molar-refractivity contribution < 1.29 is 14.6 Å². The van der Waals surface area contributed by atoms with Gasteiger partial charge in [-0.2, -0.15) is 0 Å².